The summed E-state index contributed by atoms with van der Waals surface area (Å²) < 4.78 is 37.6. The number of para-hydroxylation sites is 1. The number of nitrogens with one attached hydrogen (secondary N) is 1. The van der Waals surface area contributed by atoms with Crippen molar-refractivity contribution < 1.29 is 18.0 Å². The SMILES string of the molecule is Cc1cc(C(F)(F)F)ccc1C(=O)Nc1ccccc1. The molecule has 0 aliphatic heterocycles. The predicted octanol–water partition coefficient (Wildman–Crippen LogP) is 4.27. The number of aryl methyl sites for hydroxylation is 1. The van der Waals surface area contributed by atoms with Crippen molar-refractivity contribution in [1.82, 2.24) is 0 Å². The van der Waals surface area contributed by atoms with Gasteiger partial charge in [0, 0.05) is 11.3 Å². The van der Waals surface area contributed by atoms with E-state index in [0.717, 1.165) is 12.1 Å². The molecule has 0 radical (unpaired) electrons. The summed E-state index contributed by atoms with van der Waals surface area (Å²) in [6, 6.07) is 11.8. The van der Waals surface area contributed by atoms with E-state index in [1.165, 1.54) is 13.0 Å². The summed E-state index contributed by atoms with van der Waals surface area (Å²) in [4.78, 5) is 12.0. The molecule has 5 heteroatoms. The normalized spacial score (nSPS) is 11.2. The average molecular weight is 279 g/mol. The molecule has 1 N–H and O–H groups in total. The zero-order chi connectivity index (χ0) is 14.8. The Bertz CT molecular complexity index is 621. The standard InChI is InChI=1S/C15H12F3NO/c1-10-9-11(15(16,17)18)7-8-13(10)14(20)19-12-5-3-2-4-6-12/h2-9H,1H3,(H,19,20). The first-order valence-electron chi connectivity index (χ1n) is 5.92. The molecule has 2 aromatic rings. The molecule has 1 amide bonds. The largest absolute Gasteiger partial charge is 0.416 e. The van der Waals surface area contributed by atoms with Gasteiger partial charge in [-0.15, -0.1) is 0 Å². The quantitative estimate of drug-likeness (QED) is 0.874. The van der Waals surface area contributed by atoms with Crippen molar-refractivity contribution in [2.45, 2.75) is 13.1 Å². The summed E-state index contributed by atoms with van der Waals surface area (Å²) in [5.74, 6) is -0.428. The molecule has 0 aliphatic carbocycles. The second kappa shape index (κ2) is 5.36. The van der Waals surface area contributed by atoms with Crippen molar-refractivity contribution in [3.8, 4) is 0 Å². The minimum absolute atomic E-state index is 0.224. The van der Waals surface area contributed by atoms with Crippen molar-refractivity contribution in [3.05, 3.63) is 65.2 Å². The molecule has 0 fully saturated rings. The summed E-state index contributed by atoms with van der Waals surface area (Å²) in [7, 11) is 0. The Balaban J connectivity index is 2.23. The first-order valence-corrected chi connectivity index (χ1v) is 5.92. The molecule has 20 heavy (non-hydrogen) atoms. The van der Waals surface area contributed by atoms with Crippen LogP contribution in [0.1, 0.15) is 21.5 Å². The highest BCUT2D eigenvalue weighted by Gasteiger charge is 2.30. The molecule has 0 saturated heterocycles. The van der Waals surface area contributed by atoms with E-state index >= 15 is 0 Å². The molecule has 0 atom stereocenters. The van der Waals surface area contributed by atoms with Crippen LogP contribution in [0.15, 0.2) is 48.5 Å². The molecule has 2 nitrogen and oxygen atoms in total. The molecular weight excluding hydrogens is 267 g/mol. The number of hydrogen-bond donors (Lipinski definition) is 1. The minimum Gasteiger partial charge on any atom is -0.322 e. The Morgan fingerprint density at radius 2 is 1.70 bits per heavy atom. The van der Waals surface area contributed by atoms with Crippen LogP contribution < -0.4 is 5.32 Å². The highest BCUT2D eigenvalue weighted by atomic mass is 19.4. The van der Waals surface area contributed by atoms with Gasteiger partial charge in [-0.05, 0) is 42.8 Å². The van der Waals surface area contributed by atoms with Crippen LogP contribution in [0.2, 0.25) is 0 Å². The van der Waals surface area contributed by atoms with E-state index in [9.17, 15) is 18.0 Å². The highest BCUT2D eigenvalue weighted by Crippen LogP contribution is 2.30. The lowest BCUT2D eigenvalue weighted by Crippen LogP contribution is -2.14. The lowest BCUT2D eigenvalue weighted by atomic mass is 10.0. The Hall–Kier alpha value is -2.30. The molecule has 104 valence electrons. The lowest BCUT2D eigenvalue weighted by molar-refractivity contribution is -0.137. The molecule has 0 heterocycles. The molecule has 0 aromatic heterocycles. The zero-order valence-electron chi connectivity index (χ0n) is 10.7. The van der Waals surface area contributed by atoms with Gasteiger partial charge in [0.15, 0.2) is 0 Å². The average Bonchev–Trinajstić information content (AvgIpc) is 2.38. The van der Waals surface area contributed by atoms with Crippen molar-refractivity contribution in [1.29, 1.82) is 0 Å². The molecular formula is C15H12F3NO. The van der Waals surface area contributed by atoms with Gasteiger partial charge in [0.2, 0.25) is 0 Å². The molecule has 0 bridgehead atoms. The van der Waals surface area contributed by atoms with E-state index in [2.05, 4.69) is 5.32 Å². The van der Waals surface area contributed by atoms with Crippen LogP contribution in [-0.2, 0) is 6.18 Å². The maximum Gasteiger partial charge on any atom is 0.416 e. The Morgan fingerprint density at radius 3 is 2.25 bits per heavy atom. The smallest absolute Gasteiger partial charge is 0.322 e. The Kier molecular flexibility index (Phi) is 3.79. The van der Waals surface area contributed by atoms with Crippen LogP contribution in [0.25, 0.3) is 0 Å². The number of carbonyl (C=O) groups is 1. The van der Waals surface area contributed by atoms with Crippen molar-refractivity contribution >= 4 is 11.6 Å². The number of amides is 1. The number of benzene rings is 2. The van der Waals surface area contributed by atoms with Gasteiger partial charge in [-0.1, -0.05) is 18.2 Å². The van der Waals surface area contributed by atoms with Gasteiger partial charge in [0.25, 0.3) is 5.91 Å². The zero-order valence-corrected chi connectivity index (χ0v) is 10.7. The summed E-state index contributed by atoms with van der Waals surface area (Å²) in [6.07, 6.45) is -4.40. The van der Waals surface area contributed by atoms with E-state index in [-0.39, 0.29) is 11.1 Å². The number of anilines is 1. The van der Waals surface area contributed by atoms with E-state index in [1.54, 1.807) is 30.3 Å². The number of rotatable bonds is 2. The second-order valence-electron chi connectivity index (χ2n) is 4.35. The third kappa shape index (κ3) is 3.17. The van der Waals surface area contributed by atoms with Crippen molar-refractivity contribution in [2.75, 3.05) is 5.32 Å². The van der Waals surface area contributed by atoms with E-state index in [0.29, 0.717) is 5.69 Å². The van der Waals surface area contributed by atoms with Crippen LogP contribution in [0.4, 0.5) is 18.9 Å². The van der Waals surface area contributed by atoms with E-state index < -0.39 is 17.6 Å². The van der Waals surface area contributed by atoms with Crippen LogP contribution in [0.5, 0.6) is 0 Å². The van der Waals surface area contributed by atoms with Crippen LogP contribution in [0, 0.1) is 6.92 Å². The highest BCUT2D eigenvalue weighted by molar-refractivity contribution is 6.05. The topological polar surface area (TPSA) is 29.1 Å². The van der Waals surface area contributed by atoms with Gasteiger partial charge in [-0.3, -0.25) is 4.79 Å². The summed E-state index contributed by atoms with van der Waals surface area (Å²) >= 11 is 0. The first-order chi connectivity index (χ1) is 9.38. The fourth-order valence-electron chi connectivity index (χ4n) is 1.81. The van der Waals surface area contributed by atoms with Crippen LogP contribution in [0.3, 0.4) is 0 Å². The molecule has 2 aromatic carbocycles. The fraction of sp³-hybridized carbons (Fsp3) is 0.133. The third-order valence-electron chi connectivity index (χ3n) is 2.83. The molecule has 0 spiro atoms. The Labute approximate surface area is 114 Å². The van der Waals surface area contributed by atoms with Gasteiger partial charge in [0.1, 0.15) is 0 Å². The lowest BCUT2D eigenvalue weighted by Gasteiger charge is -2.11. The monoisotopic (exact) mass is 279 g/mol. The molecule has 2 rings (SSSR count). The minimum atomic E-state index is -4.40. The van der Waals surface area contributed by atoms with Gasteiger partial charge in [0.05, 0.1) is 5.56 Å². The van der Waals surface area contributed by atoms with Gasteiger partial charge in [-0.25, -0.2) is 0 Å². The van der Waals surface area contributed by atoms with Gasteiger partial charge < -0.3 is 5.32 Å². The summed E-state index contributed by atoms with van der Waals surface area (Å²) in [5, 5.41) is 2.64. The number of alkyl halides is 3. The number of carbonyl (C=O) groups excluding carboxylic acids is 1. The van der Waals surface area contributed by atoms with E-state index in [1.807, 2.05) is 0 Å². The maximum atomic E-state index is 12.5. The summed E-state index contributed by atoms with van der Waals surface area (Å²) in [5.41, 5.74) is 0.346. The molecule has 0 unspecified atom stereocenters. The number of hydrogen-bond acceptors (Lipinski definition) is 1. The Morgan fingerprint density at radius 1 is 1.05 bits per heavy atom. The van der Waals surface area contributed by atoms with E-state index in [4.69, 9.17) is 0 Å². The van der Waals surface area contributed by atoms with Gasteiger partial charge in [-0.2, -0.15) is 13.2 Å². The van der Waals surface area contributed by atoms with Gasteiger partial charge >= 0.3 is 6.18 Å². The number of halogens is 3. The second-order valence-corrected chi connectivity index (χ2v) is 4.35. The predicted molar refractivity (Wildman–Crippen MR) is 70.6 cm³/mol. The van der Waals surface area contributed by atoms with Crippen molar-refractivity contribution in [2.24, 2.45) is 0 Å². The van der Waals surface area contributed by atoms with Crippen LogP contribution in [-0.4, -0.2) is 5.91 Å². The maximum absolute atomic E-state index is 12.5. The fourth-order valence-corrected chi connectivity index (χ4v) is 1.81. The molecule has 0 aliphatic rings. The van der Waals surface area contributed by atoms with Crippen molar-refractivity contribution in [3.63, 3.8) is 0 Å². The van der Waals surface area contributed by atoms with Crippen LogP contribution >= 0.6 is 0 Å². The molecule has 0 saturated carbocycles. The third-order valence-corrected chi connectivity index (χ3v) is 2.83. The summed E-state index contributed by atoms with van der Waals surface area (Å²) in [6.45, 7) is 1.48. The first kappa shape index (κ1) is 14.1.